The zero-order chi connectivity index (χ0) is 15.2. The Hall–Kier alpha value is -1.42. The van der Waals surface area contributed by atoms with Crippen LogP contribution in [0.1, 0.15) is 55.7 Å². The Kier molecular flexibility index (Phi) is 5.74. The van der Waals surface area contributed by atoms with Crippen molar-refractivity contribution in [2.45, 2.75) is 58.9 Å². The van der Waals surface area contributed by atoms with Crippen LogP contribution in [0.3, 0.4) is 0 Å². The van der Waals surface area contributed by atoms with E-state index in [1.165, 1.54) is 43.2 Å². The molecule has 2 N–H and O–H groups in total. The normalized spacial score (nSPS) is 16.6. The number of thiocarbonyl (C=S) groups is 1. The van der Waals surface area contributed by atoms with Gasteiger partial charge in [0.2, 0.25) is 0 Å². The van der Waals surface area contributed by atoms with Crippen LogP contribution < -0.4 is 10.7 Å². The van der Waals surface area contributed by atoms with E-state index in [2.05, 4.69) is 47.9 Å². The third-order valence-electron chi connectivity index (χ3n) is 4.19. The maximum Gasteiger partial charge on any atom is 0.187 e. The monoisotopic (exact) mass is 303 g/mol. The molecular formula is C17H25N3S. The Morgan fingerprint density at radius 1 is 1.14 bits per heavy atom. The lowest BCUT2D eigenvalue weighted by atomic mass is 9.96. The molecule has 21 heavy (non-hydrogen) atoms. The number of aryl methyl sites for hydroxylation is 2. The Morgan fingerprint density at radius 3 is 2.52 bits per heavy atom. The molecule has 0 aliphatic heterocycles. The first-order valence-corrected chi connectivity index (χ1v) is 8.15. The number of hydrogen-bond acceptors (Lipinski definition) is 2. The van der Waals surface area contributed by atoms with Gasteiger partial charge in [0.15, 0.2) is 5.11 Å². The van der Waals surface area contributed by atoms with E-state index in [1.807, 2.05) is 6.92 Å². The van der Waals surface area contributed by atoms with E-state index in [9.17, 15) is 0 Å². The van der Waals surface area contributed by atoms with Gasteiger partial charge < -0.3 is 5.32 Å². The molecule has 0 atom stereocenters. The summed E-state index contributed by atoms with van der Waals surface area (Å²) in [6.45, 7) is 6.24. The van der Waals surface area contributed by atoms with Gasteiger partial charge in [-0.1, -0.05) is 31.4 Å². The van der Waals surface area contributed by atoms with Gasteiger partial charge in [0.25, 0.3) is 0 Å². The fourth-order valence-electron chi connectivity index (χ4n) is 2.63. The second kappa shape index (κ2) is 7.55. The summed E-state index contributed by atoms with van der Waals surface area (Å²) >= 11 is 5.32. The highest BCUT2D eigenvalue weighted by atomic mass is 32.1. The minimum atomic E-state index is 0.510. The van der Waals surface area contributed by atoms with Crippen molar-refractivity contribution < 1.29 is 0 Å². The molecule has 1 saturated carbocycles. The number of rotatable bonds is 3. The molecule has 1 aromatic carbocycles. The highest BCUT2D eigenvalue weighted by Gasteiger charge is 2.13. The quantitative estimate of drug-likeness (QED) is 0.506. The van der Waals surface area contributed by atoms with Crippen LogP contribution in [0.15, 0.2) is 23.3 Å². The summed E-state index contributed by atoms with van der Waals surface area (Å²) in [5.74, 6) is 0. The summed E-state index contributed by atoms with van der Waals surface area (Å²) < 4.78 is 0. The Balaban J connectivity index is 1.89. The van der Waals surface area contributed by atoms with E-state index in [4.69, 9.17) is 12.2 Å². The van der Waals surface area contributed by atoms with Crippen molar-refractivity contribution in [1.29, 1.82) is 0 Å². The molecule has 0 aromatic heterocycles. The van der Waals surface area contributed by atoms with Gasteiger partial charge in [0.05, 0.1) is 5.71 Å². The lowest BCUT2D eigenvalue weighted by Gasteiger charge is -2.23. The van der Waals surface area contributed by atoms with Gasteiger partial charge in [-0.3, -0.25) is 5.43 Å². The van der Waals surface area contributed by atoms with E-state index in [0.29, 0.717) is 11.2 Å². The SMILES string of the molecule is C/C(=N\NC(=S)NC1CCCCC1)c1ccc(C)c(C)c1. The van der Waals surface area contributed by atoms with E-state index in [-0.39, 0.29) is 0 Å². The molecule has 1 fully saturated rings. The van der Waals surface area contributed by atoms with E-state index >= 15 is 0 Å². The van der Waals surface area contributed by atoms with Crippen LogP contribution in [-0.2, 0) is 0 Å². The van der Waals surface area contributed by atoms with Crippen LogP contribution in [0.25, 0.3) is 0 Å². The molecule has 0 spiro atoms. The second-order valence-electron chi connectivity index (χ2n) is 5.92. The van der Waals surface area contributed by atoms with Crippen LogP contribution >= 0.6 is 12.2 Å². The highest BCUT2D eigenvalue weighted by molar-refractivity contribution is 7.80. The summed E-state index contributed by atoms with van der Waals surface area (Å²) in [6, 6.07) is 6.90. The Labute approximate surface area is 133 Å². The third kappa shape index (κ3) is 4.81. The maximum atomic E-state index is 5.32. The van der Waals surface area contributed by atoms with Crippen LogP contribution in [0.4, 0.5) is 0 Å². The molecule has 0 saturated heterocycles. The van der Waals surface area contributed by atoms with Crippen molar-refractivity contribution in [2.75, 3.05) is 0 Å². The molecule has 4 heteroatoms. The van der Waals surface area contributed by atoms with Gasteiger partial charge in [0, 0.05) is 6.04 Å². The molecule has 1 aliphatic carbocycles. The van der Waals surface area contributed by atoms with E-state index in [0.717, 1.165) is 11.3 Å². The lowest BCUT2D eigenvalue weighted by Crippen LogP contribution is -2.41. The fraction of sp³-hybridized carbons (Fsp3) is 0.529. The zero-order valence-corrected chi connectivity index (χ0v) is 14.0. The van der Waals surface area contributed by atoms with Gasteiger partial charge in [-0.2, -0.15) is 5.10 Å². The zero-order valence-electron chi connectivity index (χ0n) is 13.2. The highest BCUT2D eigenvalue weighted by Crippen LogP contribution is 2.17. The van der Waals surface area contributed by atoms with Gasteiger partial charge in [-0.15, -0.1) is 0 Å². The number of benzene rings is 1. The summed E-state index contributed by atoms with van der Waals surface area (Å²) in [7, 11) is 0. The van der Waals surface area contributed by atoms with Crippen molar-refractivity contribution in [3.8, 4) is 0 Å². The van der Waals surface area contributed by atoms with Gasteiger partial charge in [0.1, 0.15) is 0 Å². The number of hydrazone groups is 1. The first kappa shape index (κ1) is 16.0. The predicted molar refractivity (Wildman–Crippen MR) is 93.9 cm³/mol. The minimum Gasteiger partial charge on any atom is -0.359 e. The summed E-state index contributed by atoms with van der Waals surface area (Å²) in [5.41, 5.74) is 7.63. The number of nitrogens with one attached hydrogen (secondary N) is 2. The molecule has 3 nitrogen and oxygen atoms in total. The molecule has 0 heterocycles. The van der Waals surface area contributed by atoms with Crippen molar-refractivity contribution in [1.82, 2.24) is 10.7 Å². The molecule has 0 bridgehead atoms. The van der Waals surface area contributed by atoms with Crippen LogP contribution in [0.2, 0.25) is 0 Å². The molecule has 2 rings (SSSR count). The Morgan fingerprint density at radius 2 is 1.86 bits per heavy atom. The first-order chi connectivity index (χ1) is 10.1. The van der Waals surface area contributed by atoms with Crippen molar-refractivity contribution in [3.63, 3.8) is 0 Å². The van der Waals surface area contributed by atoms with Gasteiger partial charge >= 0.3 is 0 Å². The maximum absolute atomic E-state index is 5.32. The van der Waals surface area contributed by atoms with Crippen molar-refractivity contribution >= 4 is 23.0 Å². The molecular weight excluding hydrogens is 278 g/mol. The number of nitrogens with zero attached hydrogens (tertiary/aromatic N) is 1. The molecule has 114 valence electrons. The summed E-state index contributed by atoms with van der Waals surface area (Å²) in [5, 5.41) is 8.38. The fourth-order valence-corrected chi connectivity index (χ4v) is 2.84. The first-order valence-electron chi connectivity index (χ1n) is 7.74. The van der Waals surface area contributed by atoms with Crippen molar-refractivity contribution in [2.24, 2.45) is 5.10 Å². The minimum absolute atomic E-state index is 0.510. The third-order valence-corrected chi connectivity index (χ3v) is 4.40. The van der Waals surface area contributed by atoms with Crippen LogP contribution in [0, 0.1) is 13.8 Å². The second-order valence-corrected chi connectivity index (χ2v) is 6.32. The van der Waals surface area contributed by atoms with Crippen molar-refractivity contribution in [3.05, 3.63) is 34.9 Å². The standard InChI is InChI=1S/C17H25N3S/c1-12-9-10-15(11-13(12)2)14(3)19-20-17(21)18-16-7-5-4-6-8-16/h9-11,16H,4-8H2,1-3H3,(H2,18,20,21)/b19-14+. The van der Waals surface area contributed by atoms with Crippen LogP contribution in [0.5, 0.6) is 0 Å². The van der Waals surface area contributed by atoms with E-state index < -0.39 is 0 Å². The lowest BCUT2D eigenvalue weighted by molar-refractivity contribution is 0.412. The van der Waals surface area contributed by atoms with Crippen LogP contribution in [-0.4, -0.2) is 16.9 Å². The smallest absolute Gasteiger partial charge is 0.187 e. The summed E-state index contributed by atoms with van der Waals surface area (Å²) in [4.78, 5) is 0. The van der Waals surface area contributed by atoms with E-state index in [1.54, 1.807) is 0 Å². The largest absolute Gasteiger partial charge is 0.359 e. The topological polar surface area (TPSA) is 36.4 Å². The molecule has 1 aliphatic rings. The molecule has 1 aromatic rings. The van der Waals surface area contributed by atoms with Gasteiger partial charge in [-0.05, 0) is 68.6 Å². The average Bonchev–Trinajstić information content (AvgIpc) is 2.48. The average molecular weight is 303 g/mol. The predicted octanol–water partition coefficient (Wildman–Crippen LogP) is 3.82. The molecule has 0 unspecified atom stereocenters. The molecule has 0 radical (unpaired) electrons. The Bertz CT molecular complexity index is 531. The van der Waals surface area contributed by atoms with Gasteiger partial charge in [-0.25, -0.2) is 0 Å². The molecule has 0 amide bonds. The summed E-state index contributed by atoms with van der Waals surface area (Å²) in [6.07, 6.45) is 6.36. The number of hydrogen-bond donors (Lipinski definition) is 2.